The first-order chi connectivity index (χ1) is 16.9. The number of hydrogen-bond donors (Lipinski definition) is 3. The fourth-order valence-corrected chi connectivity index (χ4v) is 4.61. The Morgan fingerprint density at radius 3 is 2.20 bits per heavy atom. The number of aliphatic carboxylic acids is 1. The molecule has 0 spiro atoms. The minimum atomic E-state index is -0.911. The summed E-state index contributed by atoms with van der Waals surface area (Å²) in [6.45, 7) is 4.52. The van der Waals surface area contributed by atoms with Crippen LogP contribution in [0.4, 0.5) is 4.79 Å². The van der Waals surface area contributed by atoms with Crippen molar-refractivity contribution in [2.24, 2.45) is 5.92 Å². The van der Waals surface area contributed by atoms with E-state index in [0.29, 0.717) is 25.8 Å². The minimum Gasteiger partial charge on any atom is -0.481 e. The number of alkyl carbamates (subject to hydrolysis) is 1. The van der Waals surface area contributed by atoms with Gasteiger partial charge in [-0.3, -0.25) is 9.59 Å². The van der Waals surface area contributed by atoms with Crippen LogP contribution < -0.4 is 10.6 Å². The molecule has 0 aromatic heterocycles. The average molecular weight is 481 g/mol. The number of nitrogens with one attached hydrogen (secondary N) is 2. The third-order valence-electron chi connectivity index (χ3n) is 6.55. The molecule has 188 valence electrons. The summed E-state index contributed by atoms with van der Waals surface area (Å²) in [5.41, 5.74) is 4.71. The number of benzene rings is 2. The van der Waals surface area contributed by atoms with Crippen LogP contribution in [0.5, 0.6) is 0 Å². The quantitative estimate of drug-likeness (QED) is 0.346. The summed E-state index contributed by atoms with van der Waals surface area (Å²) in [5.74, 6) is -1.31. The molecule has 0 heterocycles. The van der Waals surface area contributed by atoms with Gasteiger partial charge in [0.25, 0.3) is 0 Å². The van der Waals surface area contributed by atoms with E-state index in [-0.39, 0.29) is 36.8 Å². The van der Waals surface area contributed by atoms with Crippen molar-refractivity contribution in [1.29, 1.82) is 0 Å². The van der Waals surface area contributed by atoms with Crippen LogP contribution in [0.3, 0.4) is 0 Å². The summed E-state index contributed by atoms with van der Waals surface area (Å²) in [6, 6.07) is 16.0. The number of carbonyl (C=O) groups excluding carboxylic acids is 2. The lowest BCUT2D eigenvalue weighted by Crippen LogP contribution is -2.39. The highest BCUT2D eigenvalue weighted by atomic mass is 16.5. The molecule has 2 atom stereocenters. The minimum absolute atomic E-state index is 0.0170. The van der Waals surface area contributed by atoms with Gasteiger partial charge in [-0.2, -0.15) is 0 Å². The van der Waals surface area contributed by atoms with Crippen LogP contribution >= 0.6 is 0 Å². The van der Waals surface area contributed by atoms with Crippen LogP contribution in [0, 0.1) is 5.92 Å². The zero-order valence-corrected chi connectivity index (χ0v) is 20.6. The van der Waals surface area contributed by atoms with Crippen molar-refractivity contribution < 1.29 is 24.2 Å². The molecular weight excluding hydrogens is 444 g/mol. The number of carboxylic acids is 1. The summed E-state index contributed by atoms with van der Waals surface area (Å²) in [6.07, 6.45) is 3.15. The predicted octanol–water partition coefficient (Wildman–Crippen LogP) is 5.09. The van der Waals surface area contributed by atoms with E-state index in [1.807, 2.05) is 38.1 Å². The van der Waals surface area contributed by atoms with Crippen LogP contribution in [0.1, 0.15) is 69.4 Å². The summed E-state index contributed by atoms with van der Waals surface area (Å²) < 4.78 is 5.54. The molecule has 1 aliphatic carbocycles. The summed E-state index contributed by atoms with van der Waals surface area (Å²) in [7, 11) is 0. The molecule has 35 heavy (non-hydrogen) atoms. The molecule has 2 aromatic carbocycles. The van der Waals surface area contributed by atoms with Crippen LogP contribution in [-0.2, 0) is 14.3 Å². The van der Waals surface area contributed by atoms with Gasteiger partial charge in [-0.25, -0.2) is 4.79 Å². The molecule has 0 bridgehead atoms. The number of hydrogen-bond acceptors (Lipinski definition) is 4. The average Bonchev–Trinajstić information content (AvgIpc) is 3.17. The Bertz CT molecular complexity index is 976. The normalized spacial score (nSPS) is 13.9. The molecule has 1 aliphatic rings. The lowest BCUT2D eigenvalue weighted by atomic mass is 9.98. The van der Waals surface area contributed by atoms with E-state index in [2.05, 4.69) is 34.9 Å². The molecule has 0 radical (unpaired) electrons. The van der Waals surface area contributed by atoms with E-state index in [1.165, 1.54) is 22.3 Å². The van der Waals surface area contributed by atoms with E-state index in [0.717, 1.165) is 12.8 Å². The topological polar surface area (TPSA) is 105 Å². The molecule has 0 saturated heterocycles. The fourth-order valence-electron chi connectivity index (χ4n) is 4.61. The molecule has 0 fully saturated rings. The van der Waals surface area contributed by atoms with Gasteiger partial charge in [-0.15, -0.1) is 0 Å². The molecule has 7 heteroatoms. The van der Waals surface area contributed by atoms with Gasteiger partial charge >= 0.3 is 12.1 Å². The highest BCUT2D eigenvalue weighted by Gasteiger charge is 2.29. The van der Waals surface area contributed by atoms with Crippen molar-refractivity contribution in [3.05, 3.63) is 59.7 Å². The first kappa shape index (κ1) is 26.3. The molecule has 3 rings (SSSR count). The SMILES string of the molecule is CCCCC(CC(=O)O)NC(=O)C(C)CCCNC(=O)OCC1c2ccccc2-c2ccccc21. The number of rotatable bonds is 13. The smallest absolute Gasteiger partial charge is 0.407 e. The van der Waals surface area contributed by atoms with Crippen LogP contribution in [0.2, 0.25) is 0 Å². The second-order valence-electron chi connectivity index (χ2n) is 9.24. The van der Waals surface area contributed by atoms with Crippen LogP contribution in [-0.4, -0.2) is 42.3 Å². The zero-order chi connectivity index (χ0) is 25.2. The largest absolute Gasteiger partial charge is 0.481 e. The van der Waals surface area contributed by atoms with Crippen LogP contribution in [0.25, 0.3) is 11.1 Å². The zero-order valence-electron chi connectivity index (χ0n) is 20.6. The lowest BCUT2D eigenvalue weighted by Gasteiger charge is -2.20. The number of unbranched alkanes of at least 4 members (excludes halogenated alkanes) is 1. The van der Waals surface area contributed by atoms with Crippen molar-refractivity contribution in [1.82, 2.24) is 10.6 Å². The Hall–Kier alpha value is -3.35. The lowest BCUT2D eigenvalue weighted by molar-refractivity contribution is -0.137. The van der Waals surface area contributed by atoms with Gasteiger partial charge in [0, 0.05) is 24.4 Å². The molecule has 7 nitrogen and oxygen atoms in total. The highest BCUT2D eigenvalue weighted by molar-refractivity contribution is 5.80. The summed E-state index contributed by atoms with van der Waals surface area (Å²) in [4.78, 5) is 35.8. The van der Waals surface area contributed by atoms with Gasteiger partial charge in [-0.1, -0.05) is 75.2 Å². The van der Waals surface area contributed by atoms with E-state index in [1.54, 1.807) is 0 Å². The highest BCUT2D eigenvalue weighted by Crippen LogP contribution is 2.44. The number of amides is 2. The molecule has 2 aromatic rings. The van der Waals surface area contributed by atoms with Crippen molar-refractivity contribution in [2.75, 3.05) is 13.2 Å². The second kappa shape index (κ2) is 12.9. The van der Waals surface area contributed by atoms with Crippen molar-refractivity contribution in [3.63, 3.8) is 0 Å². The Labute approximate surface area is 207 Å². The summed E-state index contributed by atoms with van der Waals surface area (Å²) >= 11 is 0. The van der Waals surface area contributed by atoms with Gasteiger partial charge in [0.15, 0.2) is 0 Å². The fraction of sp³-hybridized carbons (Fsp3) is 0.464. The number of ether oxygens (including phenoxy) is 1. The van der Waals surface area contributed by atoms with E-state index in [9.17, 15) is 14.4 Å². The Morgan fingerprint density at radius 1 is 0.971 bits per heavy atom. The Kier molecular flexibility index (Phi) is 9.70. The third-order valence-corrected chi connectivity index (χ3v) is 6.55. The number of carbonyl (C=O) groups is 3. The molecule has 0 saturated carbocycles. The molecular formula is C28H36N2O5. The molecule has 2 amide bonds. The van der Waals surface area contributed by atoms with Gasteiger partial charge < -0.3 is 20.5 Å². The maximum absolute atomic E-state index is 12.5. The number of fused-ring (bicyclic) bond motifs is 3. The summed E-state index contributed by atoms with van der Waals surface area (Å²) in [5, 5.41) is 14.7. The first-order valence-electron chi connectivity index (χ1n) is 12.5. The Balaban J connectivity index is 1.39. The maximum atomic E-state index is 12.5. The van der Waals surface area contributed by atoms with Crippen molar-refractivity contribution >= 4 is 18.0 Å². The van der Waals surface area contributed by atoms with Gasteiger partial charge in [0.1, 0.15) is 6.61 Å². The van der Waals surface area contributed by atoms with Gasteiger partial charge in [-0.05, 0) is 41.5 Å². The molecule has 0 aliphatic heterocycles. The Morgan fingerprint density at radius 2 is 1.60 bits per heavy atom. The third kappa shape index (κ3) is 7.31. The van der Waals surface area contributed by atoms with E-state index < -0.39 is 12.1 Å². The van der Waals surface area contributed by atoms with Gasteiger partial charge in [0.05, 0.1) is 6.42 Å². The predicted molar refractivity (Wildman–Crippen MR) is 135 cm³/mol. The monoisotopic (exact) mass is 480 g/mol. The molecule has 2 unspecified atom stereocenters. The molecule has 3 N–H and O–H groups in total. The number of carboxylic acid groups (broad SMARTS) is 1. The maximum Gasteiger partial charge on any atom is 0.407 e. The van der Waals surface area contributed by atoms with E-state index >= 15 is 0 Å². The van der Waals surface area contributed by atoms with Crippen molar-refractivity contribution in [2.45, 2.75) is 64.3 Å². The van der Waals surface area contributed by atoms with Crippen LogP contribution in [0.15, 0.2) is 48.5 Å². The first-order valence-corrected chi connectivity index (χ1v) is 12.5. The van der Waals surface area contributed by atoms with E-state index in [4.69, 9.17) is 9.84 Å². The van der Waals surface area contributed by atoms with Crippen molar-refractivity contribution in [3.8, 4) is 11.1 Å². The second-order valence-corrected chi connectivity index (χ2v) is 9.24. The standard InChI is InChI=1S/C28H36N2O5/c1-3-4-11-20(17-26(31)32)30-27(33)19(2)10-9-16-29-28(34)35-18-25-23-14-7-5-12-21(23)22-13-6-8-15-24(22)25/h5-8,12-15,19-20,25H,3-4,9-11,16-18H2,1-2H3,(H,29,34)(H,30,33)(H,31,32). The van der Waals surface area contributed by atoms with Gasteiger partial charge in [0.2, 0.25) is 5.91 Å².